The Morgan fingerprint density at radius 3 is 2.58 bits per heavy atom. The Morgan fingerprint density at radius 1 is 1.23 bits per heavy atom. The van der Waals surface area contributed by atoms with Gasteiger partial charge in [0.25, 0.3) is 0 Å². The van der Waals surface area contributed by atoms with Gasteiger partial charge in [0.15, 0.2) is 0 Å². The topological polar surface area (TPSA) is 64.7 Å². The second-order valence-corrected chi connectivity index (χ2v) is 7.56. The van der Waals surface area contributed by atoms with E-state index < -0.39 is 0 Å². The van der Waals surface area contributed by atoms with Crippen molar-refractivity contribution in [3.8, 4) is 0 Å². The molecule has 0 saturated carbocycles. The first kappa shape index (κ1) is 18.7. The third-order valence-corrected chi connectivity index (χ3v) is 5.48. The van der Waals surface area contributed by atoms with E-state index in [0.717, 1.165) is 32.6 Å². The van der Waals surface area contributed by atoms with Crippen LogP contribution in [0.15, 0.2) is 30.3 Å². The van der Waals surface area contributed by atoms with Crippen molar-refractivity contribution >= 4 is 17.5 Å². The standard InChI is InChI=1S/C20H30N4O2/c1-15-12-17(13-19(25)22-15)20(26)21-14-16(2)23-8-10-24(11-9-23)18-6-4-3-5-7-18/h3-7,15-17H,8-14H2,1-2H3,(H,21,26)(H,22,25). The molecular formula is C20H30N4O2. The number of piperazine rings is 1. The number of benzene rings is 1. The first-order valence-electron chi connectivity index (χ1n) is 9.64. The summed E-state index contributed by atoms with van der Waals surface area (Å²) in [5, 5.41) is 5.93. The number of nitrogens with one attached hydrogen (secondary N) is 2. The normalized spacial score (nSPS) is 25.5. The Hall–Kier alpha value is -2.08. The van der Waals surface area contributed by atoms with Gasteiger partial charge in [0.2, 0.25) is 11.8 Å². The maximum absolute atomic E-state index is 12.4. The highest BCUT2D eigenvalue weighted by Crippen LogP contribution is 2.18. The van der Waals surface area contributed by atoms with Crippen LogP contribution in [0.25, 0.3) is 0 Å². The number of carbonyl (C=O) groups is 2. The highest BCUT2D eigenvalue weighted by atomic mass is 16.2. The molecular weight excluding hydrogens is 328 g/mol. The number of para-hydroxylation sites is 1. The number of piperidine rings is 1. The van der Waals surface area contributed by atoms with Gasteiger partial charge in [-0.15, -0.1) is 0 Å². The second kappa shape index (κ2) is 8.54. The van der Waals surface area contributed by atoms with Crippen molar-refractivity contribution < 1.29 is 9.59 Å². The number of carbonyl (C=O) groups excluding carboxylic acids is 2. The zero-order valence-corrected chi connectivity index (χ0v) is 15.8. The van der Waals surface area contributed by atoms with Crippen molar-refractivity contribution in [2.45, 2.75) is 38.8 Å². The first-order valence-corrected chi connectivity index (χ1v) is 9.64. The van der Waals surface area contributed by atoms with Crippen LogP contribution in [0, 0.1) is 5.92 Å². The van der Waals surface area contributed by atoms with Crippen molar-refractivity contribution in [2.75, 3.05) is 37.6 Å². The van der Waals surface area contributed by atoms with Crippen LogP contribution in [-0.4, -0.2) is 61.5 Å². The summed E-state index contributed by atoms with van der Waals surface area (Å²) in [5.41, 5.74) is 1.28. The van der Waals surface area contributed by atoms with Crippen molar-refractivity contribution in [2.24, 2.45) is 5.92 Å². The number of rotatable bonds is 5. The van der Waals surface area contributed by atoms with Crippen LogP contribution >= 0.6 is 0 Å². The van der Waals surface area contributed by atoms with Crippen molar-refractivity contribution in [1.82, 2.24) is 15.5 Å². The largest absolute Gasteiger partial charge is 0.369 e. The summed E-state index contributed by atoms with van der Waals surface area (Å²) in [6.45, 7) is 8.74. The molecule has 2 heterocycles. The van der Waals surface area contributed by atoms with E-state index in [4.69, 9.17) is 0 Å². The number of amides is 2. The van der Waals surface area contributed by atoms with Crippen LogP contribution in [0.4, 0.5) is 5.69 Å². The third-order valence-electron chi connectivity index (χ3n) is 5.48. The molecule has 3 rings (SSSR count). The van der Waals surface area contributed by atoms with Gasteiger partial charge in [0.05, 0.1) is 0 Å². The number of hydrogen-bond donors (Lipinski definition) is 2. The summed E-state index contributed by atoms with van der Waals surface area (Å²) in [7, 11) is 0. The van der Waals surface area contributed by atoms with Crippen molar-refractivity contribution in [3.05, 3.63) is 30.3 Å². The molecule has 2 amide bonds. The number of hydrogen-bond acceptors (Lipinski definition) is 4. The molecule has 0 aliphatic carbocycles. The van der Waals surface area contributed by atoms with E-state index in [1.54, 1.807) is 0 Å². The Kier molecular flexibility index (Phi) is 6.14. The van der Waals surface area contributed by atoms with Gasteiger partial charge in [-0.05, 0) is 32.4 Å². The molecule has 1 aromatic carbocycles. The lowest BCUT2D eigenvalue weighted by Crippen LogP contribution is -2.53. The van der Waals surface area contributed by atoms with E-state index >= 15 is 0 Å². The summed E-state index contributed by atoms with van der Waals surface area (Å²) >= 11 is 0. The van der Waals surface area contributed by atoms with E-state index in [2.05, 4.69) is 51.6 Å². The van der Waals surface area contributed by atoms with E-state index in [0.29, 0.717) is 19.0 Å². The average Bonchev–Trinajstić information content (AvgIpc) is 2.66. The molecule has 3 atom stereocenters. The fourth-order valence-electron chi connectivity index (χ4n) is 3.91. The molecule has 6 heteroatoms. The molecule has 6 nitrogen and oxygen atoms in total. The molecule has 0 radical (unpaired) electrons. The molecule has 142 valence electrons. The van der Waals surface area contributed by atoms with Gasteiger partial charge in [0.1, 0.15) is 0 Å². The zero-order valence-electron chi connectivity index (χ0n) is 15.8. The van der Waals surface area contributed by atoms with Crippen LogP contribution in [-0.2, 0) is 9.59 Å². The summed E-state index contributed by atoms with van der Waals surface area (Å²) < 4.78 is 0. The maximum atomic E-state index is 12.4. The lowest BCUT2D eigenvalue weighted by molar-refractivity contribution is -0.133. The molecule has 2 N–H and O–H groups in total. The Bertz CT molecular complexity index is 613. The molecule has 2 aliphatic heterocycles. The molecule has 2 saturated heterocycles. The molecule has 3 unspecified atom stereocenters. The van der Waals surface area contributed by atoms with Crippen LogP contribution in [0.5, 0.6) is 0 Å². The lowest BCUT2D eigenvalue weighted by atomic mass is 9.92. The minimum Gasteiger partial charge on any atom is -0.369 e. The third kappa shape index (κ3) is 4.75. The highest BCUT2D eigenvalue weighted by Gasteiger charge is 2.29. The van der Waals surface area contributed by atoms with Gasteiger partial charge >= 0.3 is 0 Å². The Morgan fingerprint density at radius 2 is 1.92 bits per heavy atom. The molecule has 0 spiro atoms. The van der Waals surface area contributed by atoms with Crippen molar-refractivity contribution in [1.29, 1.82) is 0 Å². The quantitative estimate of drug-likeness (QED) is 0.831. The molecule has 0 bridgehead atoms. The molecule has 1 aromatic rings. The predicted octanol–water partition coefficient (Wildman–Crippen LogP) is 1.23. The van der Waals surface area contributed by atoms with E-state index in [-0.39, 0.29) is 23.8 Å². The smallest absolute Gasteiger partial charge is 0.223 e. The van der Waals surface area contributed by atoms with Crippen molar-refractivity contribution in [3.63, 3.8) is 0 Å². The summed E-state index contributed by atoms with van der Waals surface area (Å²) in [6, 6.07) is 10.9. The van der Waals surface area contributed by atoms with E-state index in [9.17, 15) is 9.59 Å². The summed E-state index contributed by atoms with van der Waals surface area (Å²) in [4.78, 5) is 28.8. The van der Waals surface area contributed by atoms with Gasteiger partial charge in [0, 0.05) is 62.8 Å². The molecule has 2 fully saturated rings. The minimum atomic E-state index is -0.194. The van der Waals surface area contributed by atoms with Crippen LogP contribution < -0.4 is 15.5 Å². The summed E-state index contributed by atoms with van der Waals surface area (Å²) in [5.74, 6) is -0.198. The van der Waals surface area contributed by atoms with Crippen LogP contribution in [0.3, 0.4) is 0 Å². The Balaban J connectivity index is 1.42. The van der Waals surface area contributed by atoms with Gasteiger partial charge in [-0.2, -0.15) is 0 Å². The SMILES string of the molecule is CC1CC(C(=O)NCC(C)N2CCN(c3ccccc3)CC2)CC(=O)N1. The minimum absolute atomic E-state index is 0.0153. The van der Waals surface area contributed by atoms with Gasteiger partial charge in [-0.25, -0.2) is 0 Å². The zero-order chi connectivity index (χ0) is 18.5. The lowest BCUT2D eigenvalue weighted by Gasteiger charge is -2.39. The monoisotopic (exact) mass is 358 g/mol. The first-order chi connectivity index (χ1) is 12.5. The second-order valence-electron chi connectivity index (χ2n) is 7.56. The molecule has 2 aliphatic rings. The average molecular weight is 358 g/mol. The predicted molar refractivity (Wildman–Crippen MR) is 103 cm³/mol. The molecule has 26 heavy (non-hydrogen) atoms. The van der Waals surface area contributed by atoms with Crippen LogP contribution in [0.1, 0.15) is 26.7 Å². The van der Waals surface area contributed by atoms with Gasteiger partial charge in [-0.3, -0.25) is 14.5 Å². The number of nitrogens with zero attached hydrogens (tertiary/aromatic N) is 2. The maximum Gasteiger partial charge on any atom is 0.223 e. The fraction of sp³-hybridized carbons (Fsp3) is 0.600. The van der Waals surface area contributed by atoms with Gasteiger partial charge in [-0.1, -0.05) is 18.2 Å². The summed E-state index contributed by atoms with van der Waals surface area (Å²) in [6.07, 6.45) is 1.03. The fourth-order valence-corrected chi connectivity index (χ4v) is 3.91. The van der Waals surface area contributed by atoms with E-state index in [1.165, 1.54) is 5.69 Å². The molecule has 0 aromatic heterocycles. The van der Waals surface area contributed by atoms with Gasteiger partial charge < -0.3 is 15.5 Å². The number of anilines is 1. The van der Waals surface area contributed by atoms with E-state index in [1.807, 2.05) is 13.0 Å². The van der Waals surface area contributed by atoms with Crippen LogP contribution in [0.2, 0.25) is 0 Å². The Labute approximate surface area is 155 Å². The highest BCUT2D eigenvalue weighted by molar-refractivity contribution is 5.87.